The number of fused-ring (bicyclic) bond motifs is 2. The molecule has 4 aromatic heterocycles. The maximum absolute atomic E-state index is 13.2. The number of carbonyl (C=O) groups is 2. The second-order valence-electron chi connectivity index (χ2n) is 10.7. The molecule has 2 amide bonds. The van der Waals surface area contributed by atoms with E-state index < -0.39 is 15.9 Å². The van der Waals surface area contributed by atoms with Crippen LogP contribution in [0, 0.1) is 13.8 Å². The fourth-order valence-electron chi connectivity index (χ4n) is 5.24. The first-order valence-corrected chi connectivity index (χ1v) is 17.2. The Labute approximate surface area is 262 Å². The summed E-state index contributed by atoms with van der Waals surface area (Å²) in [5.74, 6) is -0.836. The minimum Gasteiger partial charge on any atom is -0.347 e. The highest BCUT2D eigenvalue weighted by molar-refractivity contribution is 7.89. The van der Waals surface area contributed by atoms with Gasteiger partial charge in [0.15, 0.2) is 0 Å². The van der Waals surface area contributed by atoms with Crippen LogP contribution in [0.25, 0.3) is 54.1 Å². The molecule has 0 saturated carbocycles. The zero-order valence-corrected chi connectivity index (χ0v) is 27.2. The minimum absolute atomic E-state index is 0.0226. The number of nitrogens with zero attached hydrogens (tertiary/aromatic N) is 4. The Morgan fingerprint density at radius 2 is 1.68 bits per heavy atom. The van der Waals surface area contributed by atoms with E-state index in [0.717, 1.165) is 65.5 Å². The van der Waals surface area contributed by atoms with Gasteiger partial charge in [-0.15, -0.1) is 22.7 Å². The molecular weight excluding hydrogens is 615 g/mol. The molecule has 4 heterocycles. The molecule has 2 aromatic carbocycles. The van der Waals surface area contributed by atoms with Gasteiger partial charge in [-0.25, -0.2) is 23.1 Å². The van der Waals surface area contributed by atoms with E-state index in [0.29, 0.717) is 5.52 Å². The lowest BCUT2D eigenvalue weighted by Crippen LogP contribution is -2.28. The molecule has 0 bridgehead atoms. The van der Waals surface area contributed by atoms with Gasteiger partial charge in [0.2, 0.25) is 15.9 Å². The van der Waals surface area contributed by atoms with Crippen molar-refractivity contribution < 1.29 is 18.0 Å². The first-order valence-electron chi connectivity index (χ1n) is 13.7. The van der Waals surface area contributed by atoms with Crippen LogP contribution in [0.5, 0.6) is 0 Å². The number of hydrogen-bond acceptors (Lipinski definition) is 8. The van der Waals surface area contributed by atoms with Crippen molar-refractivity contribution in [3.63, 3.8) is 0 Å². The number of benzene rings is 2. The van der Waals surface area contributed by atoms with Crippen molar-refractivity contribution in [3.05, 3.63) is 82.3 Å². The number of rotatable bonds is 7. The maximum Gasteiger partial charge on any atom is 0.274 e. The molecule has 0 spiro atoms. The summed E-state index contributed by atoms with van der Waals surface area (Å²) in [4.78, 5) is 38.3. The van der Waals surface area contributed by atoms with Gasteiger partial charge < -0.3 is 9.47 Å². The largest absolute Gasteiger partial charge is 0.347 e. The fraction of sp³-hybridized carbons (Fsp3) is 0.188. The molecule has 1 N–H and O–H groups in total. The van der Waals surface area contributed by atoms with E-state index >= 15 is 0 Å². The van der Waals surface area contributed by atoms with Crippen LogP contribution in [0.4, 0.5) is 0 Å². The van der Waals surface area contributed by atoms with Crippen LogP contribution < -0.4 is 4.72 Å². The summed E-state index contributed by atoms with van der Waals surface area (Å²) in [6, 6.07) is 21.5. The van der Waals surface area contributed by atoms with Crippen molar-refractivity contribution in [2.45, 2.75) is 20.4 Å². The first-order chi connectivity index (χ1) is 20.9. The van der Waals surface area contributed by atoms with E-state index in [9.17, 15) is 18.0 Å². The molecule has 0 unspecified atom stereocenters. The van der Waals surface area contributed by atoms with E-state index in [1.807, 2.05) is 73.0 Å². The highest BCUT2D eigenvalue weighted by Gasteiger charge is 2.26. The second-order valence-corrected chi connectivity index (χ2v) is 14.7. The van der Waals surface area contributed by atoms with Crippen LogP contribution in [0.2, 0.25) is 0 Å². The number of aryl methyl sites for hydroxylation is 2. The van der Waals surface area contributed by atoms with Crippen molar-refractivity contribution in [3.8, 4) is 33.0 Å². The molecular formula is C32H29N5O4S3. The first kappa shape index (κ1) is 29.7. The quantitative estimate of drug-likeness (QED) is 0.225. The van der Waals surface area contributed by atoms with E-state index in [1.165, 1.54) is 16.2 Å². The number of hydrogen-bond donors (Lipinski definition) is 1. The number of pyridine rings is 1. The molecule has 9 nitrogen and oxygen atoms in total. The van der Waals surface area contributed by atoms with Crippen molar-refractivity contribution in [1.82, 2.24) is 24.2 Å². The monoisotopic (exact) mass is 643 g/mol. The molecule has 44 heavy (non-hydrogen) atoms. The summed E-state index contributed by atoms with van der Waals surface area (Å²) in [7, 11) is -0.359. The fourth-order valence-corrected chi connectivity index (χ4v) is 7.76. The van der Waals surface area contributed by atoms with Crippen LogP contribution >= 0.6 is 22.7 Å². The molecule has 0 aliphatic heterocycles. The Balaban J connectivity index is 1.58. The summed E-state index contributed by atoms with van der Waals surface area (Å²) in [5.41, 5.74) is 6.80. The predicted molar refractivity (Wildman–Crippen MR) is 178 cm³/mol. The Morgan fingerprint density at radius 3 is 2.34 bits per heavy atom. The van der Waals surface area contributed by atoms with Gasteiger partial charge in [0.25, 0.3) is 5.91 Å². The maximum atomic E-state index is 13.2. The lowest BCUT2D eigenvalue weighted by atomic mass is 10.00. The van der Waals surface area contributed by atoms with Crippen molar-refractivity contribution in [1.29, 1.82) is 0 Å². The number of sulfonamides is 1. The molecule has 0 aliphatic rings. The highest BCUT2D eigenvalue weighted by Crippen LogP contribution is 2.45. The second kappa shape index (κ2) is 11.3. The van der Waals surface area contributed by atoms with Gasteiger partial charge in [0, 0.05) is 25.0 Å². The lowest BCUT2D eigenvalue weighted by molar-refractivity contribution is -0.129. The van der Waals surface area contributed by atoms with Crippen LogP contribution in [-0.2, 0) is 21.4 Å². The van der Waals surface area contributed by atoms with Gasteiger partial charge in [0.05, 0.1) is 53.8 Å². The summed E-state index contributed by atoms with van der Waals surface area (Å²) in [5, 5.41) is 1.93. The Bertz CT molecular complexity index is 2200. The standard InChI is InChI=1S/C32H29N5O4S3/c1-18-30(42-19(2)33-18)24-14-11-21-15-22(12-13-23(21)34-24)29-28(20-9-7-6-8-10-20)31-25(37(29)17-27(38)36(3)4)16-26(43-31)32(39)35-44(5,40)41/h6-16H,17H2,1-5H3,(H,35,39). The topological polar surface area (TPSA) is 114 Å². The van der Waals surface area contributed by atoms with E-state index in [1.54, 1.807) is 31.5 Å². The number of thiophene rings is 1. The zero-order valence-electron chi connectivity index (χ0n) is 24.7. The zero-order chi connectivity index (χ0) is 31.3. The Hall–Kier alpha value is -4.39. The van der Waals surface area contributed by atoms with Gasteiger partial charge in [-0.2, -0.15) is 0 Å². The predicted octanol–water partition coefficient (Wildman–Crippen LogP) is 6.10. The van der Waals surface area contributed by atoms with Gasteiger partial charge in [-0.3, -0.25) is 9.59 Å². The van der Waals surface area contributed by atoms with E-state index in [4.69, 9.17) is 4.98 Å². The summed E-state index contributed by atoms with van der Waals surface area (Å²) < 4.78 is 28.4. The number of likely N-dealkylation sites (N-methyl/N-ethyl adjacent to an activating group) is 1. The van der Waals surface area contributed by atoms with Crippen LogP contribution in [0.3, 0.4) is 0 Å². The Morgan fingerprint density at radius 1 is 0.932 bits per heavy atom. The summed E-state index contributed by atoms with van der Waals surface area (Å²) >= 11 is 2.82. The Kier molecular flexibility index (Phi) is 7.60. The molecule has 12 heteroatoms. The molecule has 0 atom stereocenters. The van der Waals surface area contributed by atoms with E-state index in [-0.39, 0.29) is 17.3 Å². The number of thiazole rings is 1. The molecule has 0 saturated heterocycles. The van der Waals surface area contributed by atoms with Crippen LogP contribution in [0.1, 0.15) is 20.4 Å². The molecule has 6 rings (SSSR count). The smallest absolute Gasteiger partial charge is 0.274 e. The van der Waals surface area contributed by atoms with Crippen molar-refractivity contribution in [2.75, 3.05) is 20.4 Å². The number of carbonyl (C=O) groups excluding carboxylic acids is 2. The van der Waals surface area contributed by atoms with Crippen molar-refractivity contribution >= 4 is 65.6 Å². The van der Waals surface area contributed by atoms with Crippen LogP contribution in [0.15, 0.2) is 66.7 Å². The molecule has 0 fully saturated rings. The molecule has 0 aliphatic carbocycles. The lowest BCUT2D eigenvalue weighted by Gasteiger charge is -2.16. The third-order valence-corrected chi connectivity index (χ3v) is 9.98. The third kappa shape index (κ3) is 5.63. The van der Waals surface area contributed by atoms with Gasteiger partial charge in [-0.05, 0) is 49.2 Å². The molecule has 0 radical (unpaired) electrons. The van der Waals surface area contributed by atoms with Gasteiger partial charge >= 0.3 is 0 Å². The minimum atomic E-state index is -3.76. The summed E-state index contributed by atoms with van der Waals surface area (Å²) in [6.45, 7) is 4.00. The van der Waals surface area contributed by atoms with E-state index in [2.05, 4.69) is 15.8 Å². The average molecular weight is 644 g/mol. The highest BCUT2D eigenvalue weighted by atomic mass is 32.2. The SMILES string of the molecule is Cc1nc(C)c(-c2ccc3cc(-c4c(-c5ccccc5)c5sc(C(=O)NS(C)(=O)=O)cc5n4CC(=O)N(C)C)ccc3n2)s1. The number of nitrogens with one attached hydrogen (secondary N) is 1. The van der Waals surface area contributed by atoms with Crippen LogP contribution in [-0.4, -0.2) is 60.0 Å². The normalized spacial score (nSPS) is 11.8. The average Bonchev–Trinajstić information content (AvgIpc) is 3.64. The molecule has 6 aromatic rings. The third-order valence-electron chi connectivity index (χ3n) is 7.19. The van der Waals surface area contributed by atoms with Gasteiger partial charge in [0.1, 0.15) is 6.54 Å². The summed E-state index contributed by atoms with van der Waals surface area (Å²) in [6.07, 6.45) is 0.943. The number of amides is 2. The molecule has 224 valence electrons. The van der Waals surface area contributed by atoms with Gasteiger partial charge in [-0.1, -0.05) is 42.5 Å². The van der Waals surface area contributed by atoms with Crippen molar-refractivity contribution in [2.24, 2.45) is 0 Å². The number of aromatic nitrogens is 3.